The summed E-state index contributed by atoms with van der Waals surface area (Å²) in [4.78, 5) is 0. The molecular formula is C25H28F3NO2S. The normalized spacial score (nSPS) is 16.1. The Hall–Kier alpha value is -2.28. The van der Waals surface area contributed by atoms with E-state index in [-0.39, 0.29) is 22.5 Å². The molecule has 0 amide bonds. The van der Waals surface area contributed by atoms with Crippen LogP contribution in [0.15, 0.2) is 48.7 Å². The van der Waals surface area contributed by atoms with Crippen LogP contribution in [0.25, 0.3) is 22.0 Å². The first kappa shape index (κ1) is 22.9. The molecule has 32 heavy (non-hydrogen) atoms. The average Bonchev–Trinajstić information content (AvgIpc) is 3.51. The first-order chi connectivity index (χ1) is 15.0. The summed E-state index contributed by atoms with van der Waals surface area (Å²) in [7, 11) is -3.12. The Morgan fingerprint density at radius 3 is 2.38 bits per heavy atom. The zero-order valence-electron chi connectivity index (χ0n) is 18.5. The Labute approximate surface area is 187 Å². The molecular weight excluding hydrogens is 435 g/mol. The molecule has 7 heteroatoms. The van der Waals surface area contributed by atoms with Crippen molar-refractivity contribution in [3.8, 4) is 11.1 Å². The fraction of sp³-hybridized carbons (Fsp3) is 0.440. The molecule has 1 aliphatic carbocycles. The largest absolute Gasteiger partial charge is 0.417 e. The van der Waals surface area contributed by atoms with Crippen LogP contribution >= 0.6 is 0 Å². The van der Waals surface area contributed by atoms with E-state index in [1.165, 1.54) is 12.1 Å². The molecule has 0 radical (unpaired) electrons. The summed E-state index contributed by atoms with van der Waals surface area (Å²) in [5.41, 5.74) is 1.74. The van der Waals surface area contributed by atoms with Gasteiger partial charge in [0, 0.05) is 23.6 Å². The summed E-state index contributed by atoms with van der Waals surface area (Å²) in [6.45, 7) is 6.77. The van der Waals surface area contributed by atoms with Crippen LogP contribution in [-0.2, 0) is 22.6 Å². The van der Waals surface area contributed by atoms with Gasteiger partial charge in [0.15, 0.2) is 9.84 Å². The van der Waals surface area contributed by atoms with Gasteiger partial charge in [0.05, 0.1) is 16.6 Å². The summed E-state index contributed by atoms with van der Waals surface area (Å²) >= 11 is 0. The molecule has 1 unspecified atom stereocenters. The van der Waals surface area contributed by atoms with Crippen LogP contribution < -0.4 is 0 Å². The van der Waals surface area contributed by atoms with Gasteiger partial charge in [-0.2, -0.15) is 13.2 Å². The van der Waals surface area contributed by atoms with Gasteiger partial charge < -0.3 is 4.57 Å². The Bertz CT molecular complexity index is 1240. The van der Waals surface area contributed by atoms with Crippen LogP contribution in [0.3, 0.4) is 0 Å². The number of hydrogen-bond acceptors (Lipinski definition) is 2. The van der Waals surface area contributed by atoms with E-state index < -0.39 is 21.6 Å². The maximum absolute atomic E-state index is 13.6. The van der Waals surface area contributed by atoms with E-state index in [2.05, 4.69) is 18.4 Å². The predicted octanol–water partition coefficient (Wildman–Crippen LogP) is 6.66. The molecule has 3 aromatic rings. The number of alkyl halides is 3. The predicted molar refractivity (Wildman–Crippen MR) is 122 cm³/mol. The average molecular weight is 464 g/mol. The van der Waals surface area contributed by atoms with Crippen molar-refractivity contribution in [3.05, 3.63) is 59.8 Å². The van der Waals surface area contributed by atoms with Crippen molar-refractivity contribution in [1.29, 1.82) is 0 Å². The molecule has 1 heterocycles. The Kier molecular flexibility index (Phi) is 5.90. The minimum Gasteiger partial charge on any atom is -0.347 e. The zero-order chi connectivity index (χ0) is 23.3. The highest BCUT2D eigenvalue weighted by atomic mass is 32.2. The lowest BCUT2D eigenvalue weighted by Crippen LogP contribution is -2.16. The van der Waals surface area contributed by atoms with E-state index in [1.807, 2.05) is 19.2 Å². The Balaban J connectivity index is 1.81. The molecule has 3 nitrogen and oxygen atoms in total. The van der Waals surface area contributed by atoms with E-state index in [4.69, 9.17) is 0 Å². The van der Waals surface area contributed by atoms with Crippen LogP contribution in [0.5, 0.6) is 0 Å². The number of nitrogens with zero attached hydrogens (tertiary/aromatic N) is 1. The second kappa shape index (κ2) is 8.25. The summed E-state index contributed by atoms with van der Waals surface area (Å²) in [5, 5.41) is 0.692. The molecule has 4 rings (SSSR count). The molecule has 0 bridgehead atoms. The van der Waals surface area contributed by atoms with Crippen molar-refractivity contribution in [2.45, 2.75) is 57.5 Å². The van der Waals surface area contributed by atoms with Crippen molar-refractivity contribution in [1.82, 2.24) is 4.57 Å². The summed E-state index contributed by atoms with van der Waals surface area (Å²) in [5.74, 6) is 0.233. The molecule has 0 N–H and O–H groups in total. The van der Waals surface area contributed by atoms with E-state index in [0.717, 1.165) is 35.4 Å². The molecule has 1 fully saturated rings. The standard InChI is InChI=1S/C25H28F3NO2S/c1-16(2)13-29-14-22(17(3)15-32(30,31)19-9-10-19)21-11-8-18(12-24(21)29)20-6-4-5-7-23(20)25(26,27)28/h4-8,11-12,14,16-17,19H,9-10,13,15H2,1-3H3. The quantitative estimate of drug-likeness (QED) is 0.393. The highest BCUT2D eigenvalue weighted by Crippen LogP contribution is 2.39. The fourth-order valence-electron chi connectivity index (χ4n) is 4.41. The Morgan fingerprint density at radius 2 is 1.75 bits per heavy atom. The minimum atomic E-state index is -4.44. The zero-order valence-corrected chi connectivity index (χ0v) is 19.3. The second-order valence-electron chi connectivity index (χ2n) is 9.34. The molecule has 1 aliphatic rings. The lowest BCUT2D eigenvalue weighted by molar-refractivity contribution is -0.137. The van der Waals surface area contributed by atoms with Crippen LogP contribution in [0.2, 0.25) is 0 Å². The molecule has 1 saturated carbocycles. The van der Waals surface area contributed by atoms with Crippen molar-refractivity contribution >= 4 is 20.7 Å². The highest BCUT2D eigenvalue weighted by Gasteiger charge is 2.37. The number of benzene rings is 2. The third-order valence-electron chi connectivity index (χ3n) is 6.06. The molecule has 0 aliphatic heterocycles. The molecule has 0 saturated heterocycles. The number of aromatic nitrogens is 1. The van der Waals surface area contributed by atoms with Crippen LogP contribution in [-0.4, -0.2) is 24.0 Å². The number of halogens is 3. The molecule has 1 atom stereocenters. The molecule has 2 aromatic carbocycles. The van der Waals surface area contributed by atoms with Crippen molar-refractivity contribution in [2.75, 3.05) is 5.75 Å². The monoisotopic (exact) mass is 463 g/mol. The van der Waals surface area contributed by atoms with Crippen LogP contribution in [0, 0.1) is 5.92 Å². The molecule has 172 valence electrons. The van der Waals surface area contributed by atoms with Gasteiger partial charge in [0.25, 0.3) is 0 Å². The topological polar surface area (TPSA) is 39.1 Å². The molecule has 0 spiro atoms. The van der Waals surface area contributed by atoms with E-state index in [1.54, 1.807) is 18.2 Å². The van der Waals surface area contributed by atoms with Gasteiger partial charge in [0.2, 0.25) is 0 Å². The first-order valence-electron chi connectivity index (χ1n) is 11.0. The van der Waals surface area contributed by atoms with E-state index in [9.17, 15) is 21.6 Å². The number of fused-ring (bicyclic) bond motifs is 1. The van der Waals surface area contributed by atoms with Crippen molar-refractivity contribution in [3.63, 3.8) is 0 Å². The third kappa shape index (κ3) is 4.58. The summed E-state index contributed by atoms with van der Waals surface area (Å²) < 4.78 is 67.9. The van der Waals surface area contributed by atoms with Crippen molar-refractivity contribution < 1.29 is 21.6 Å². The maximum Gasteiger partial charge on any atom is 0.417 e. The Morgan fingerprint density at radius 1 is 1.06 bits per heavy atom. The first-order valence-corrected chi connectivity index (χ1v) is 12.7. The molecule has 1 aromatic heterocycles. The van der Waals surface area contributed by atoms with Gasteiger partial charge in [-0.15, -0.1) is 0 Å². The number of hydrogen-bond donors (Lipinski definition) is 0. The second-order valence-corrected chi connectivity index (χ2v) is 11.7. The summed E-state index contributed by atoms with van der Waals surface area (Å²) in [6.07, 6.45) is -0.974. The minimum absolute atomic E-state index is 0.0944. The van der Waals surface area contributed by atoms with Gasteiger partial charge >= 0.3 is 6.18 Å². The fourth-order valence-corrected chi connectivity index (χ4v) is 6.41. The lowest BCUT2D eigenvalue weighted by atomic mass is 9.96. The highest BCUT2D eigenvalue weighted by molar-refractivity contribution is 7.92. The van der Waals surface area contributed by atoms with Gasteiger partial charge in [-0.05, 0) is 53.5 Å². The van der Waals surface area contributed by atoms with Crippen molar-refractivity contribution in [2.24, 2.45) is 5.92 Å². The van der Waals surface area contributed by atoms with Gasteiger partial charge in [-0.3, -0.25) is 0 Å². The van der Waals surface area contributed by atoms with Crippen LogP contribution in [0.1, 0.15) is 50.7 Å². The smallest absolute Gasteiger partial charge is 0.347 e. The van der Waals surface area contributed by atoms with E-state index in [0.29, 0.717) is 18.0 Å². The maximum atomic E-state index is 13.6. The SMILES string of the molecule is CC(C)Cn1cc(C(C)CS(=O)(=O)C2CC2)c2ccc(-c3ccccc3C(F)(F)F)cc21. The third-order valence-corrected chi connectivity index (χ3v) is 8.52. The van der Waals surface area contributed by atoms with Gasteiger partial charge in [-0.25, -0.2) is 8.42 Å². The summed E-state index contributed by atoms with van der Waals surface area (Å²) in [6, 6.07) is 10.9. The van der Waals surface area contributed by atoms with E-state index >= 15 is 0 Å². The van der Waals surface area contributed by atoms with Gasteiger partial charge in [0.1, 0.15) is 0 Å². The number of sulfone groups is 1. The number of rotatable bonds is 7. The lowest BCUT2D eigenvalue weighted by Gasteiger charge is -2.14. The van der Waals surface area contributed by atoms with Crippen LogP contribution in [0.4, 0.5) is 13.2 Å². The van der Waals surface area contributed by atoms with Gasteiger partial charge in [-0.1, -0.05) is 51.1 Å².